The molecular weight excluding hydrogens is 250 g/mol. The summed E-state index contributed by atoms with van der Waals surface area (Å²) in [4.78, 5) is 4.38. The van der Waals surface area contributed by atoms with E-state index < -0.39 is 0 Å². The molecule has 2 rings (SSSR count). The van der Waals surface area contributed by atoms with Crippen molar-refractivity contribution < 1.29 is 4.52 Å². The average Bonchev–Trinajstić information content (AvgIpc) is 2.82. The zero-order chi connectivity index (χ0) is 13.0. The minimum Gasteiger partial charge on any atom is -0.339 e. The van der Waals surface area contributed by atoms with E-state index in [4.69, 9.17) is 21.9 Å². The third kappa shape index (κ3) is 3.09. The number of hydrogen-bond donors (Lipinski definition) is 1. The van der Waals surface area contributed by atoms with Crippen LogP contribution in [0.5, 0.6) is 0 Å². The van der Waals surface area contributed by atoms with Gasteiger partial charge in [0.05, 0.1) is 5.92 Å². The molecule has 1 aromatic carbocycles. The minimum atomic E-state index is 0.150. The summed E-state index contributed by atoms with van der Waals surface area (Å²) in [7, 11) is 0. The Bertz CT molecular complexity index is 491. The Morgan fingerprint density at radius 2 is 2.06 bits per heavy atom. The Hall–Kier alpha value is -1.39. The van der Waals surface area contributed by atoms with Crippen LogP contribution in [0.3, 0.4) is 0 Å². The number of nitrogens with two attached hydrogens (primary N) is 1. The van der Waals surface area contributed by atoms with Crippen molar-refractivity contribution in [2.45, 2.75) is 25.7 Å². The van der Waals surface area contributed by atoms with Gasteiger partial charge in [0.2, 0.25) is 5.89 Å². The molecule has 0 aliphatic carbocycles. The lowest BCUT2D eigenvalue weighted by molar-refractivity contribution is 0.348. The molecule has 2 aromatic rings. The van der Waals surface area contributed by atoms with Gasteiger partial charge in [0, 0.05) is 18.0 Å². The van der Waals surface area contributed by atoms with Gasteiger partial charge in [0.25, 0.3) is 0 Å². The third-order valence-corrected chi connectivity index (χ3v) is 3.14. The number of hydrogen-bond acceptors (Lipinski definition) is 4. The van der Waals surface area contributed by atoms with Gasteiger partial charge < -0.3 is 10.3 Å². The van der Waals surface area contributed by atoms with E-state index in [0.29, 0.717) is 24.7 Å². The van der Waals surface area contributed by atoms with Crippen LogP contribution >= 0.6 is 11.6 Å². The van der Waals surface area contributed by atoms with Crippen LogP contribution in [0.2, 0.25) is 5.02 Å². The number of halogens is 1. The molecular formula is C13H16ClN3O. The average molecular weight is 266 g/mol. The van der Waals surface area contributed by atoms with Gasteiger partial charge in [-0.15, -0.1) is 0 Å². The Labute approximate surface area is 111 Å². The summed E-state index contributed by atoms with van der Waals surface area (Å²) in [5.41, 5.74) is 6.76. The molecule has 96 valence electrons. The van der Waals surface area contributed by atoms with E-state index >= 15 is 0 Å². The summed E-state index contributed by atoms with van der Waals surface area (Å²) in [6.07, 6.45) is 1.54. The second-order valence-electron chi connectivity index (χ2n) is 4.19. The fraction of sp³-hybridized carbons (Fsp3) is 0.385. The lowest BCUT2D eigenvalue weighted by Crippen LogP contribution is -2.11. The maximum Gasteiger partial charge on any atom is 0.231 e. The van der Waals surface area contributed by atoms with Crippen molar-refractivity contribution in [3.8, 4) is 0 Å². The molecule has 0 fully saturated rings. The van der Waals surface area contributed by atoms with Gasteiger partial charge in [-0.25, -0.2) is 0 Å². The predicted octanol–water partition coefficient (Wildman–Crippen LogP) is 2.77. The van der Waals surface area contributed by atoms with Gasteiger partial charge in [0.1, 0.15) is 0 Å². The van der Waals surface area contributed by atoms with Crippen LogP contribution in [0.15, 0.2) is 28.8 Å². The van der Waals surface area contributed by atoms with Crippen molar-refractivity contribution in [1.82, 2.24) is 10.1 Å². The maximum atomic E-state index is 5.83. The molecule has 0 saturated heterocycles. The van der Waals surface area contributed by atoms with Gasteiger partial charge in [-0.3, -0.25) is 0 Å². The lowest BCUT2D eigenvalue weighted by atomic mass is 10.1. The molecule has 1 aromatic heterocycles. The van der Waals surface area contributed by atoms with Crippen molar-refractivity contribution in [3.05, 3.63) is 46.6 Å². The van der Waals surface area contributed by atoms with E-state index in [1.54, 1.807) is 0 Å². The van der Waals surface area contributed by atoms with Crippen molar-refractivity contribution in [2.24, 2.45) is 5.73 Å². The third-order valence-electron chi connectivity index (χ3n) is 2.89. The molecule has 1 atom stereocenters. The molecule has 1 unspecified atom stereocenters. The highest BCUT2D eigenvalue weighted by Gasteiger charge is 2.15. The van der Waals surface area contributed by atoms with Crippen molar-refractivity contribution >= 4 is 11.6 Å². The van der Waals surface area contributed by atoms with Crippen LogP contribution in [-0.2, 0) is 6.42 Å². The second kappa shape index (κ2) is 5.98. The van der Waals surface area contributed by atoms with E-state index in [2.05, 4.69) is 17.1 Å². The molecule has 4 nitrogen and oxygen atoms in total. The number of benzene rings is 1. The lowest BCUT2D eigenvalue weighted by Gasteiger charge is -2.04. The van der Waals surface area contributed by atoms with Crippen LogP contribution in [-0.4, -0.2) is 16.7 Å². The smallest absolute Gasteiger partial charge is 0.231 e. The number of rotatable bonds is 5. The number of nitrogens with zero attached hydrogens (tertiary/aromatic N) is 2. The van der Waals surface area contributed by atoms with Crippen LogP contribution in [0.1, 0.15) is 36.5 Å². The molecule has 18 heavy (non-hydrogen) atoms. The highest BCUT2D eigenvalue weighted by atomic mass is 35.5. The first-order chi connectivity index (χ1) is 8.72. The largest absolute Gasteiger partial charge is 0.339 e. The quantitative estimate of drug-likeness (QED) is 0.903. The van der Waals surface area contributed by atoms with Crippen molar-refractivity contribution in [3.63, 3.8) is 0 Å². The Balaban J connectivity index is 2.08. The second-order valence-corrected chi connectivity index (χ2v) is 4.63. The SMILES string of the molecule is CCC(CN)c1nc(Cc2ccc(Cl)cc2)no1. The molecule has 0 aliphatic rings. The molecule has 0 aliphatic heterocycles. The van der Waals surface area contributed by atoms with Crippen molar-refractivity contribution in [1.29, 1.82) is 0 Å². The molecule has 0 amide bonds. The minimum absolute atomic E-state index is 0.150. The summed E-state index contributed by atoms with van der Waals surface area (Å²) in [6, 6.07) is 7.62. The molecule has 0 saturated carbocycles. The van der Waals surface area contributed by atoms with Crippen molar-refractivity contribution in [2.75, 3.05) is 6.54 Å². The monoisotopic (exact) mass is 265 g/mol. The first kappa shape index (κ1) is 13.1. The molecule has 0 radical (unpaired) electrons. The molecule has 1 heterocycles. The molecule has 2 N–H and O–H groups in total. The van der Waals surface area contributed by atoms with Crippen LogP contribution in [0.4, 0.5) is 0 Å². The van der Waals surface area contributed by atoms with Gasteiger partial charge in [-0.05, 0) is 24.1 Å². The molecule has 0 bridgehead atoms. The van der Waals surface area contributed by atoms with Gasteiger partial charge in [-0.2, -0.15) is 4.98 Å². The maximum absolute atomic E-state index is 5.83. The van der Waals surface area contributed by atoms with E-state index in [-0.39, 0.29) is 5.92 Å². The first-order valence-corrected chi connectivity index (χ1v) is 6.37. The molecule has 5 heteroatoms. The van der Waals surface area contributed by atoms with Gasteiger partial charge in [0.15, 0.2) is 5.82 Å². The van der Waals surface area contributed by atoms with Crippen LogP contribution in [0.25, 0.3) is 0 Å². The topological polar surface area (TPSA) is 64.9 Å². The summed E-state index contributed by atoms with van der Waals surface area (Å²) in [5.74, 6) is 1.46. The fourth-order valence-corrected chi connectivity index (χ4v) is 1.86. The summed E-state index contributed by atoms with van der Waals surface area (Å²) in [5, 5.41) is 4.70. The number of aromatic nitrogens is 2. The van der Waals surface area contributed by atoms with E-state index in [1.165, 1.54) is 0 Å². The summed E-state index contributed by atoms with van der Waals surface area (Å²) < 4.78 is 5.24. The first-order valence-electron chi connectivity index (χ1n) is 6.00. The summed E-state index contributed by atoms with van der Waals surface area (Å²) in [6.45, 7) is 2.58. The van der Waals surface area contributed by atoms with Crippen LogP contribution < -0.4 is 5.73 Å². The molecule has 0 spiro atoms. The predicted molar refractivity (Wildman–Crippen MR) is 70.6 cm³/mol. The Morgan fingerprint density at radius 3 is 2.67 bits per heavy atom. The van der Waals surface area contributed by atoms with Gasteiger partial charge >= 0.3 is 0 Å². The Kier molecular flexibility index (Phi) is 4.33. The standard InChI is InChI=1S/C13H16ClN3O/c1-2-10(8-15)13-16-12(17-18-13)7-9-3-5-11(14)6-4-9/h3-6,10H,2,7-8,15H2,1H3. The Morgan fingerprint density at radius 1 is 1.33 bits per heavy atom. The highest BCUT2D eigenvalue weighted by Crippen LogP contribution is 2.17. The van der Waals surface area contributed by atoms with E-state index in [1.807, 2.05) is 24.3 Å². The van der Waals surface area contributed by atoms with E-state index in [9.17, 15) is 0 Å². The van der Waals surface area contributed by atoms with Gasteiger partial charge in [-0.1, -0.05) is 35.8 Å². The normalized spacial score (nSPS) is 12.6. The summed E-state index contributed by atoms with van der Waals surface area (Å²) >= 11 is 5.83. The van der Waals surface area contributed by atoms with E-state index in [0.717, 1.165) is 17.0 Å². The zero-order valence-corrected chi connectivity index (χ0v) is 11.0. The highest BCUT2D eigenvalue weighted by molar-refractivity contribution is 6.30. The van der Waals surface area contributed by atoms with Crippen LogP contribution in [0, 0.1) is 0 Å². The zero-order valence-electron chi connectivity index (χ0n) is 10.3. The fourth-order valence-electron chi connectivity index (χ4n) is 1.73.